The van der Waals surface area contributed by atoms with Crippen LogP contribution in [0.25, 0.3) is 0 Å². The predicted octanol–water partition coefficient (Wildman–Crippen LogP) is 1.65. The molecule has 0 aliphatic heterocycles. The Labute approximate surface area is 92.8 Å². The van der Waals surface area contributed by atoms with Gasteiger partial charge in [0.05, 0.1) is 6.54 Å². The van der Waals surface area contributed by atoms with Crippen LogP contribution in [0.1, 0.15) is 32.6 Å². The molecule has 1 aliphatic rings. The van der Waals surface area contributed by atoms with Crippen molar-refractivity contribution in [1.82, 2.24) is 5.32 Å². The van der Waals surface area contributed by atoms with Crippen molar-refractivity contribution < 1.29 is 9.59 Å². The van der Waals surface area contributed by atoms with Crippen molar-refractivity contribution in [3.05, 3.63) is 0 Å². The molecule has 0 bridgehead atoms. The molecule has 1 fully saturated rings. The number of nitrogens with one attached hydrogen (secondary N) is 1. The summed E-state index contributed by atoms with van der Waals surface area (Å²) in [6.45, 7) is 1.66. The fraction of sp³-hybridized carbons (Fsp3) is 0.800. The number of carbonyl (C=O) groups excluding carboxylic acids is 2. The Hall–Kier alpha value is -0.380. The first-order valence-electron chi connectivity index (χ1n) is 5.01. The highest BCUT2D eigenvalue weighted by molar-refractivity contribution is 9.09. The Kier molecular flexibility index (Phi) is 4.58. The Morgan fingerprint density at radius 1 is 1.29 bits per heavy atom. The lowest BCUT2D eigenvalue weighted by Crippen LogP contribution is -2.35. The van der Waals surface area contributed by atoms with Gasteiger partial charge in [0, 0.05) is 10.7 Å². The van der Waals surface area contributed by atoms with E-state index in [9.17, 15) is 9.59 Å². The molecule has 1 N–H and O–H groups in total. The van der Waals surface area contributed by atoms with Gasteiger partial charge in [-0.05, 0) is 32.6 Å². The molecule has 14 heavy (non-hydrogen) atoms. The SMILES string of the molecule is CC(=O)CNC(=O)C1CCC(Br)CC1. The van der Waals surface area contributed by atoms with E-state index < -0.39 is 0 Å². The minimum Gasteiger partial charge on any atom is -0.349 e. The van der Waals surface area contributed by atoms with Crippen LogP contribution in [0, 0.1) is 5.92 Å². The van der Waals surface area contributed by atoms with Crippen molar-refractivity contribution in [3.63, 3.8) is 0 Å². The van der Waals surface area contributed by atoms with Gasteiger partial charge < -0.3 is 5.32 Å². The Bertz CT molecular complexity index is 222. The molecule has 0 spiro atoms. The third kappa shape index (κ3) is 3.78. The van der Waals surface area contributed by atoms with E-state index in [4.69, 9.17) is 0 Å². The third-order valence-electron chi connectivity index (χ3n) is 2.54. The average molecular weight is 262 g/mol. The molecule has 1 saturated carbocycles. The molecule has 1 aliphatic carbocycles. The van der Waals surface area contributed by atoms with Crippen LogP contribution in [0.3, 0.4) is 0 Å². The van der Waals surface area contributed by atoms with Crippen molar-refractivity contribution in [1.29, 1.82) is 0 Å². The van der Waals surface area contributed by atoms with E-state index in [0.29, 0.717) is 4.83 Å². The molecule has 1 rings (SSSR count). The van der Waals surface area contributed by atoms with Gasteiger partial charge in [-0.3, -0.25) is 9.59 Å². The normalized spacial score (nSPS) is 27.0. The maximum Gasteiger partial charge on any atom is 0.223 e. The molecule has 0 aromatic heterocycles. The molecule has 1 amide bonds. The van der Waals surface area contributed by atoms with Crippen LogP contribution < -0.4 is 5.32 Å². The summed E-state index contributed by atoms with van der Waals surface area (Å²) in [7, 11) is 0. The van der Waals surface area contributed by atoms with E-state index >= 15 is 0 Å². The second kappa shape index (κ2) is 5.49. The number of amides is 1. The summed E-state index contributed by atoms with van der Waals surface area (Å²) in [5.41, 5.74) is 0. The van der Waals surface area contributed by atoms with Crippen LogP contribution in [-0.4, -0.2) is 23.1 Å². The van der Waals surface area contributed by atoms with Gasteiger partial charge in [-0.15, -0.1) is 0 Å². The first-order chi connectivity index (χ1) is 6.59. The van der Waals surface area contributed by atoms with Gasteiger partial charge in [-0.1, -0.05) is 15.9 Å². The number of rotatable bonds is 3. The summed E-state index contributed by atoms with van der Waals surface area (Å²) in [5.74, 6) is 0.162. The fourth-order valence-electron chi connectivity index (χ4n) is 1.67. The monoisotopic (exact) mass is 261 g/mol. The van der Waals surface area contributed by atoms with E-state index in [1.807, 2.05) is 0 Å². The second-order valence-electron chi connectivity index (χ2n) is 3.87. The number of alkyl halides is 1. The minimum absolute atomic E-state index is 0.00697. The predicted molar refractivity (Wildman–Crippen MR) is 58.4 cm³/mol. The highest BCUT2D eigenvalue weighted by Crippen LogP contribution is 2.28. The lowest BCUT2D eigenvalue weighted by atomic mass is 9.88. The van der Waals surface area contributed by atoms with Crippen LogP contribution in [0.5, 0.6) is 0 Å². The third-order valence-corrected chi connectivity index (χ3v) is 3.45. The van der Waals surface area contributed by atoms with Gasteiger partial charge in [0.2, 0.25) is 5.91 Å². The van der Waals surface area contributed by atoms with Gasteiger partial charge in [0.25, 0.3) is 0 Å². The molecule has 4 heteroatoms. The van der Waals surface area contributed by atoms with E-state index in [0.717, 1.165) is 25.7 Å². The standard InChI is InChI=1S/C10H16BrNO2/c1-7(13)6-12-10(14)8-2-4-9(11)5-3-8/h8-9H,2-6H2,1H3,(H,12,14). The smallest absolute Gasteiger partial charge is 0.223 e. The number of hydrogen-bond donors (Lipinski definition) is 1. The number of hydrogen-bond acceptors (Lipinski definition) is 2. The van der Waals surface area contributed by atoms with Crippen molar-refractivity contribution in [2.75, 3.05) is 6.54 Å². The number of ketones is 1. The van der Waals surface area contributed by atoms with E-state index in [1.54, 1.807) is 0 Å². The molecular weight excluding hydrogens is 246 g/mol. The first-order valence-corrected chi connectivity index (χ1v) is 5.92. The van der Waals surface area contributed by atoms with Crippen LogP contribution in [0.15, 0.2) is 0 Å². The van der Waals surface area contributed by atoms with Gasteiger partial charge in [-0.2, -0.15) is 0 Å². The second-order valence-corrected chi connectivity index (χ2v) is 5.16. The van der Waals surface area contributed by atoms with Crippen molar-refractivity contribution >= 4 is 27.6 Å². The molecule has 0 saturated heterocycles. The van der Waals surface area contributed by atoms with Gasteiger partial charge >= 0.3 is 0 Å². The van der Waals surface area contributed by atoms with Crippen LogP contribution in [-0.2, 0) is 9.59 Å². The molecule has 0 aromatic carbocycles. The lowest BCUT2D eigenvalue weighted by molar-refractivity contribution is -0.128. The van der Waals surface area contributed by atoms with Crippen molar-refractivity contribution in [3.8, 4) is 0 Å². The summed E-state index contributed by atoms with van der Waals surface area (Å²) in [5, 5.41) is 2.66. The summed E-state index contributed by atoms with van der Waals surface area (Å²) in [6.07, 6.45) is 3.97. The number of Topliss-reactive ketones (excluding diaryl/α,β-unsaturated/α-hetero) is 1. The summed E-state index contributed by atoms with van der Waals surface area (Å²) in [6, 6.07) is 0. The van der Waals surface area contributed by atoms with Crippen LogP contribution in [0.2, 0.25) is 0 Å². The highest BCUT2D eigenvalue weighted by Gasteiger charge is 2.24. The molecule has 0 atom stereocenters. The van der Waals surface area contributed by atoms with Crippen LogP contribution in [0.4, 0.5) is 0 Å². The topological polar surface area (TPSA) is 46.2 Å². The Morgan fingerprint density at radius 2 is 1.86 bits per heavy atom. The molecule has 0 unspecified atom stereocenters. The molecule has 3 nitrogen and oxygen atoms in total. The molecule has 80 valence electrons. The minimum atomic E-state index is 0.00697. The zero-order valence-electron chi connectivity index (χ0n) is 8.38. The van der Waals surface area contributed by atoms with Gasteiger partial charge in [-0.25, -0.2) is 0 Å². The highest BCUT2D eigenvalue weighted by atomic mass is 79.9. The number of halogens is 1. The van der Waals surface area contributed by atoms with E-state index in [-0.39, 0.29) is 24.2 Å². The zero-order chi connectivity index (χ0) is 10.6. The maximum absolute atomic E-state index is 11.5. The molecular formula is C10H16BrNO2. The van der Waals surface area contributed by atoms with Gasteiger partial charge in [0.1, 0.15) is 5.78 Å². The van der Waals surface area contributed by atoms with Crippen molar-refractivity contribution in [2.45, 2.75) is 37.4 Å². The summed E-state index contributed by atoms with van der Waals surface area (Å²) < 4.78 is 0. The lowest BCUT2D eigenvalue weighted by Gasteiger charge is -2.24. The average Bonchev–Trinajstić information content (AvgIpc) is 2.15. The maximum atomic E-state index is 11.5. The zero-order valence-corrected chi connectivity index (χ0v) is 9.97. The van der Waals surface area contributed by atoms with E-state index in [2.05, 4.69) is 21.2 Å². The first kappa shape index (κ1) is 11.7. The fourth-order valence-corrected chi connectivity index (χ4v) is 2.20. The largest absolute Gasteiger partial charge is 0.349 e. The summed E-state index contributed by atoms with van der Waals surface area (Å²) in [4.78, 5) is 22.8. The van der Waals surface area contributed by atoms with Crippen LogP contribution >= 0.6 is 15.9 Å². The van der Waals surface area contributed by atoms with E-state index in [1.165, 1.54) is 6.92 Å². The van der Waals surface area contributed by atoms with Gasteiger partial charge in [0.15, 0.2) is 0 Å². The number of carbonyl (C=O) groups is 2. The summed E-state index contributed by atoms with van der Waals surface area (Å²) >= 11 is 3.54. The molecule has 0 radical (unpaired) electrons. The van der Waals surface area contributed by atoms with Crippen molar-refractivity contribution in [2.24, 2.45) is 5.92 Å². The Balaban J connectivity index is 2.27. The molecule has 0 heterocycles. The quantitative estimate of drug-likeness (QED) is 0.786. The Morgan fingerprint density at radius 3 is 2.36 bits per heavy atom. The molecule has 0 aromatic rings.